The second-order valence-corrected chi connectivity index (χ2v) is 6.18. The van der Waals surface area contributed by atoms with Gasteiger partial charge in [0.2, 0.25) is 5.91 Å². The van der Waals surface area contributed by atoms with Crippen LogP contribution in [-0.2, 0) is 9.59 Å². The fourth-order valence-electron chi connectivity index (χ4n) is 2.77. The van der Waals surface area contributed by atoms with E-state index in [1.54, 1.807) is 0 Å². The zero-order chi connectivity index (χ0) is 13.4. The van der Waals surface area contributed by atoms with E-state index in [1.807, 2.05) is 39.5 Å². The molecule has 98 valence electrons. The number of aliphatic carboxylic acids is 1. The van der Waals surface area contributed by atoms with E-state index >= 15 is 0 Å². The van der Waals surface area contributed by atoms with Crippen LogP contribution in [0.15, 0.2) is 0 Å². The number of carboxylic acid groups (broad SMARTS) is 1. The van der Waals surface area contributed by atoms with Gasteiger partial charge in [-0.1, -0.05) is 0 Å². The SMILES string of the molecule is CC(C)(C)N1C(CC(=O)O)C(=O)NCC1(C)C. The van der Waals surface area contributed by atoms with Crippen molar-refractivity contribution in [3.63, 3.8) is 0 Å². The maximum atomic E-state index is 11.9. The van der Waals surface area contributed by atoms with Crippen molar-refractivity contribution in [1.29, 1.82) is 0 Å². The van der Waals surface area contributed by atoms with Crippen LogP contribution in [0.1, 0.15) is 41.0 Å². The summed E-state index contributed by atoms with van der Waals surface area (Å²) in [5, 5.41) is 11.7. The van der Waals surface area contributed by atoms with E-state index in [-0.39, 0.29) is 23.4 Å². The Morgan fingerprint density at radius 1 is 1.53 bits per heavy atom. The molecule has 1 saturated heterocycles. The molecule has 5 nitrogen and oxygen atoms in total. The quantitative estimate of drug-likeness (QED) is 0.753. The smallest absolute Gasteiger partial charge is 0.305 e. The molecular weight excluding hydrogens is 220 g/mol. The molecule has 0 aromatic heterocycles. The van der Waals surface area contributed by atoms with Gasteiger partial charge in [-0.15, -0.1) is 0 Å². The highest BCUT2D eigenvalue weighted by atomic mass is 16.4. The van der Waals surface area contributed by atoms with Gasteiger partial charge in [-0.25, -0.2) is 0 Å². The fourth-order valence-corrected chi connectivity index (χ4v) is 2.77. The van der Waals surface area contributed by atoms with Gasteiger partial charge in [0.15, 0.2) is 0 Å². The lowest BCUT2D eigenvalue weighted by atomic mass is 9.87. The van der Waals surface area contributed by atoms with Crippen LogP contribution in [0, 0.1) is 0 Å². The average molecular weight is 242 g/mol. The summed E-state index contributed by atoms with van der Waals surface area (Å²) in [6, 6.07) is -0.601. The molecule has 1 aliphatic heterocycles. The van der Waals surface area contributed by atoms with E-state index in [2.05, 4.69) is 5.32 Å². The van der Waals surface area contributed by atoms with Crippen molar-refractivity contribution in [2.45, 2.75) is 58.2 Å². The number of nitrogens with zero attached hydrogens (tertiary/aromatic N) is 1. The van der Waals surface area contributed by atoms with Gasteiger partial charge >= 0.3 is 5.97 Å². The molecule has 0 bridgehead atoms. The molecule has 1 atom stereocenters. The second kappa shape index (κ2) is 4.29. The van der Waals surface area contributed by atoms with E-state index in [0.717, 1.165) is 0 Å². The Kier molecular flexibility index (Phi) is 3.52. The minimum absolute atomic E-state index is 0.160. The summed E-state index contributed by atoms with van der Waals surface area (Å²) in [6.45, 7) is 10.6. The predicted octanol–water partition coefficient (Wildman–Crippen LogP) is 0.839. The minimum Gasteiger partial charge on any atom is -0.481 e. The number of hydrogen-bond donors (Lipinski definition) is 2. The molecular formula is C12H22N2O3. The van der Waals surface area contributed by atoms with Crippen LogP contribution in [0.2, 0.25) is 0 Å². The summed E-state index contributed by atoms with van der Waals surface area (Å²) in [7, 11) is 0. The Balaban J connectivity index is 3.09. The van der Waals surface area contributed by atoms with Crippen molar-refractivity contribution in [2.75, 3.05) is 6.54 Å². The molecule has 0 spiro atoms. The topological polar surface area (TPSA) is 69.6 Å². The summed E-state index contributed by atoms with van der Waals surface area (Å²) in [4.78, 5) is 24.8. The Labute approximate surface area is 102 Å². The van der Waals surface area contributed by atoms with Crippen molar-refractivity contribution in [3.05, 3.63) is 0 Å². The molecule has 0 radical (unpaired) electrons. The van der Waals surface area contributed by atoms with Crippen LogP contribution in [0.3, 0.4) is 0 Å². The first-order valence-electron chi connectivity index (χ1n) is 5.84. The van der Waals surface area contributed by atoms with Crippen molar-refractivity contribution >= 4 is 11.9 Å². The van der Waals surface area contributed by atoms with Crippen molar-refractivity contribution in [3.8, 4) is 0 Å². The monoisotopic (exact) mass is 242 g/mol. The number of hydrogen-bond acceptors (Lipinski definition) is 3. The Bertz CT molecular complexity index is 331. The lowest BCUT2D eigenvalue weighted by molar-refractivity contribution is -0.150. The number of piperazine rings is 1. The molecule has 1 unspecified atom stereocenters. The zero-order valence-corrected chi connectivity index (χ0v) is 11.2. The van der Waals surface area contributed by atoms with Crippen LogP contribution in [0.5, 0.6) is 0 Å². The summed E-state index contributed by atoms with van der Waals surface area (Å²) in [5.41, 5.74) is -0.492. The number of carboxylic acids is 1. The van der Waals surface area contributed by atoms with Crippen molar-refractivity contribution in [1.82, 2.24) is 10.2 Å². The molecule has 0 aromatic carbocycles. The third-order valence-corrected chi connectivity index (χ3v) is 3.05. The molecule has 1 amide bonds. The van der Waals surface area contributed by atoms with E-state index in [1.165, 1.54) is 0 Å². The molecule has 1 fully saturated rings. The average Bonchev–Trinajstić information content (AvgIpc) is 2.08. The van der Waals surface area contributed by atoms with Crippen LogP contribution < -0.4 is 5.32 Å². The van der Waals surface area contributed by atoms with Crippen LogP contribution >= 0.6 is 0 Å². The molecule has 1 aliphatic rings. The van der Waals surface area contributed by atoms with Crippen molar-refractivity contribution in [2.24, 2.45) is 0 Å². The fraction of sp³-hybridized carbons (Fsp3) is 0.833. The largest absolute Gasteiger partial charge is 0.481 e. The second-order valence-electron chi connectivity index (χ2n) is 6.18. The zero-order valence-electron chi connectivity index (χ0n) is 11.2. The standard InChI is InChI=1S/C12H22N2O3/c1-11(2,3)14-8(6-9(15)16)10(17)13-7-12(14,4)5/h8H,6-7H2,1-5H3,(H,13,17)(H,15,16). The third kappa shape index (κ3) is 2.97. The highest BCUT2D eigenvalue weighted by Gasteiger charge is 2.46. The number of amides is 1. The highest BCUT2D eigenvalue weighted by molar-refractivity contribution is 5.87. The maximum Gasteiger partial charge on any atom is 0.305 e. The van der Waals surface area contributed by atoms with Gasteiger partial charge in [0, 0.05) is 17.6 Å². The van der Waals surface area contributed by atoms with Gasteiger partial charge < -0.3 is 10.4 Å². The van der Waals surface area contributed by atoms with Gasteiger partial charge in [-0.2, -0.15) is 0 Å². The van der Waals surface area contributed by atoms with E-state index < -0.39 is 12.0 Å². The maximum absolute atomic E-state index is 11.9. The molecule has 5 heteroatoms. The summed E-state index contributed by atoms with van der Waals surface area (Å²) in [6.07, 6.45) is -0.160. The van der Waals surface area contributed by atoms with Crippen LogP contribution in [0.25, 0.3) is 0 Å². The van der Waals surface area contributed by atoms with Crippen LogP contribution in [0.4, 0.5) is 0 Å². The van der Waals surface area contributed by atoms with Crippen LogP contribution in [-0.4, -0.2) is 45.5 Å². The van der Waals surface area contributed by atoms with Gasteiger partial charge in [-0.05, 0) is 34.6 Å². The number of nitrogens with one attached hydrogen (secondary N) is 1. The minimum atomic E-state index is -0.947. The molecule has 1 heterocycles. The first-order chi connectivity index (χ1) is 7.55. The van der Waals surface area contributed by atoms with Gasteiger partial charge in [0.25, 0.3) is 0 Å². The van der Waals surface area contributed by atoms with E-state index in [0.29, 0.717) is 6.54 Å². The first-order valence-corrected chi connectivity index (χ1v) is 5.84. The molecule has 0 saturated carbocycles. The third-order valence-electron chi connectivity index (χ3n) is 3.05. The molecule has 0 aromatic rings. The number of rotatable bonds is 2. The Morgan fingerprint density at radius 3 is 2.47 bits per heavy atom. The van der Waals surface area contributed by atoms with Gasteiger partial charge in [-0.3, -0.25) is 14.5 Å². The molecule has 1 rings (SSSR count). The number of carbonyl (C=O) groups excluding carboxylic acids is 1. The molecule has 17 heavy (non-hydrogen) atoms. The van der Waals surface area contributed by atoms with Gasteiger partial charge in [0.05, 0.1) is 6.42 Å². The number of carbonyl (C=O) groups is 2. The lowest BCUT2D eigenvalue weighted by Crippen LogP contribution is -2.70. The lowest BCUT2D eigenvalue weighted by Gasteiger charge is -2.53. The first kappa shape index (κ1) is 14.0. The Hall–Kier alpha value is -1.10. The summed E-state index contributed by atoms with van der Waals surface area (Å²) in [5.74, 6) is -1.14. The molecule has 0 aliphatic carbocycles. The summed E-state index contributed by atoms with van der Waals surface area (Å²) >= 11 is 0. The predicted molar refractivity (Wildman–Crippen MR) is 64.7 cm³/mol. The summed E-state index contributed by atoms with van der Waals surface area (Å²) < 4.78 is 0. The normalized spacial score (nSPS) is 25.5. The van der Waals surface area contributed by atoms with Gasteiger partial charge in [0.1, 0.15) is 6.04 Å². The van der Waals surface area contributed by atoms with Crippen molar-refractivity contribution < 1.29 is 14.7 Å². The van der Waals surface area contributed by atoms with E-state index in [4.69, 9.17) is 5.11 Å². The highest BCUT2D eigenvalue weighted by Crippen LogP contribution is 2.31. The van der Waals surface area contributed by atoms with E-state index in [9.17, 15) is 9.59 Å². The Morgan fingerprint density at radius 2 is 2.06 bits per heavy atom. The molecule has 2 N–H and O–H groups in total.